The molecule has 1 aromatic heterocycles. The van der Waals surface area contributed by atoms with E-state index in [0.717, 1.165) is 17.1 Å². The molecule has 0 spiro atoms. The fraction of sp³-hybridized carbons (Fsp3) is 0.154. The summed E-state index contributed by atoms with van der Waals surface area (Å²) in [7, 11) is 1.89. The van der Waals surface area contributed by atoms with Crippen molar-refractivity contribution in [1.29, 1.82) is 0 Å². The van der Waals surface area contributed by atoms with E-state index in [1.54, 1.807) is 19.3 Å². The van der Waals surface area contributed by atoms with Crippen molar-refractivity contribution >= 4 is 11.6 Å². The first-order valence-electron chi connectivity index (χ1n) is 5.59. The van der Waals surface area contributed by atoms with Crippen LogP contribution >= 0.6 is 0 Å². The standard InChI is InChI=1S/C13H14N4O/c1-3-4-12(18)15-11-7-5-10(6-8-11)13-16-14-9-17(13)2/h3-9H,1-2H3,(H,15,18). The Morgan fingerprint density at radius 2 is 2.06 bits per heavy atom. The third-order valence-electron chi connectivity index (χ3n) is 2.44. The van der Waals surface area contributed by atoms with Gasteiger partial charge in [0.1, 0.15) is 6.33 Å². The highest BCUT2D eigenvalue weighted by Gasteiger charge is 2.04. The zero-order valence-electron chi connectivity index (χ0n) is 10.3. The summed E-state index contributed by atoms with van der Waals surface area (Å²) in [5, 5.41) is 10.6. The Kier molecular flexibility index (Phi) is 3.52. The zero-order chi connectivity index (χ0) is 13.0. The number of benzene rings is 1. The van der Waals surface area contributed by atoms with Crippen LogP contribution in [0.25, 0.3) is 11.4 Å². The quantitative estimate of drug-likeness (QED) is 0.837. The van der Waals surface area contributed by atoms with Gasteiger partial charge in [-0.25, -0.2) is 0 Å². The highest BCUT2D eigenvalue weighted by molar-refractivity contribution is 5.99. The van der Waals surface area contributed by atoms with E-state index in [2.05, 4.69) is 15.5 Å². The lowest BCUT2D eigenvalue weighted by Gasteiger charge is -2.04. The second kappa shape index (κ2) is 5.27. The van der Waals surface area contributed by atoms with Crippen molar-refractivity contribution in [3.63, 3.8) is 0 Å². The lowest BCUT2D eigenvalue weighted by molar-refractivity contribution is -0.111. The largest absolute Gasteiger partial charge is 0.323 e. The molecule has 0 radical (unpaired) electrons. The molecule has 0 aliphatic heterocycles. The van der Waals surface area contributed by atoms with E-state index in [9.17, 15) is 4.79 Å². The topological polar surface area (TPSA) is 59.8 Å². The second-order valence-electron chi connectivity index (χ2n) is 3.83. The number of hydrogen-bond acceptors (Lipinski definition) is 3. The van der Waals surface area contributed by atoms with E-state index in [0.29, 0.717) is 0 Å². The van der Waals surface area contributed by atoms with E-state index >= 15 is 0 Å². The van der Waals surface area contributed by atoms with Crippen LogP contribution in [0.4, 0.5) is 5.69 Å². The molecule has 0 fully saturated rings. The average molecular weight is 242 g/mol. The number of carbonyl (C=O) groups excluding carboxylic acids is 1. The van der Waals surface area contributed by atoms with Gasteiger partial charge in [0.25, 0.3) is 0 Å². The van der Waals surface area contributed by atoms with E-state index in [4.69, 9.17) is 0 Å². The maximum absolute atomic E-state index is 11.4. The molecule has 0 atom stereocenters. The first kappa shape index (κ1) is 12.0. The minimum absolute atomic E-state index is 0.135. The summed E-state index contributed by atoms with van der Waals surface area (Å²) in [6, 6.07) is 7.47. The van der Waals surface area contributed by atoms with Gasteiger partial charge in [-0.2, -0.15) is 0 Å². The van der Waals surface area contributed by atoms with Crippen molar-refractivity contribution in [3.8, 4) is 11.4 Å². The SMILES string of the molecule is CC=CC(=O)Nc1ccc(-c2nncn2C)cc1. The smallest absolute Gasteiger partial charge is 0.248 e. The Labute approximate surface area is 105 Å². The average Bonchev–Trinajstić information content (AvgIpc) is 2.77. The molecular weight excluding hydrogens is 228 g/mol. The van der Waals surface area contributed by atoms with Crippen molar-refractivity contribution in [3.05, 3.63) is 42.7 Å². The monoisotopic (exact) mass is 242 g/mol. The Balaban J connectivity index is 2.16. The van der Waals surface area contributed by atoms with Crippen LogP contribution < -0.4 is 5.32 Å². The molecule has 2 aromatic rings. The molecule has 5 heteroatoms. The molecule has 0 saturated heterocycles. The van der Waals surface area contributed by atoms with Gasteiger partial charge in [0.2, 0.25) is 5.91 Å². The molecule has 1 heterocycles. The van der Waals surface area contributed by atoms with Crippen molar-refractivity contribution < 1.29 is 4.79 Å². The fourth-order valence-corrected chi connectivity index (χ4v) is 1.58. The molecular formula is C13H14N4O. The number of allylic oxidation sites excluding steroid dienone is 1. The summed E-state index contributed by atoms with van der Waals surface area (Å²) < 4.78 is 1.84. The molecule has 0 bridgehead atoms. The highest BCUT2D eigenvalue weighted by atomic mass is 16.1. The summed E-state index contributed by atoms with van der Waals surface area (Å²) >= 11 is 0. The van der Waals surface area contributed by atoms with Gasteiger partial charge in [0.15, 0.2) is 5.82 Å². The number of aromatic nitrogens is 3. The predicted molar refractivity (Wildman–Crippen MR) is 69.9 cm³/mol. The molecule has 0 unspecified atom stereocenters. The normalized spacial score (nSPS) is 10.8. The lowest BCUT2D eigenvalue weighted by Crippen LogP contribution is -2.07. The van der Waals surface area contributed by atoms with Gasteiger partial charge in [-0.15, -0.1) is 10.2 Å². The first-order valence-corrected chi connectivity index (χ1v) is 5.59. The molecule has 0 aliphatic carbocycles. The molecule has 1 amide bonds. The maximum atomic E-state index is 11.4. The van der Waals surface area contributed by atoms with Gasteiger partial charge in [-0.3, -0.25) is 4.79 Å². The van der Waals surface area contributed by atoms with E-state index in [-0.39, 0.29) is 5.91 Å². The van der Waals surface area contributed by atoms with Crippen LogP contribution in [0.5, 0.6) is 0 Å². The van der Waals surface area contributed by atoms with Gasteiger partial charge in [0.05, 0.1) is 0 Å². The number of carbonyl (C=O) groups is 1. The lowest BCUT2D eigenvalue weighted by atomic mass is 10.2. The van der Waals surface area contributed by atoms with Crippen LogP contribution in [0.3, 0.4) is 0 Å². The summed E-state index contributed by atoms with van der Waals surface area (Å²) in [6.45, 7) is 1.80. The molecule has 2 rings (SSSR count). The van der Waals surface area contributed by atoms with E-state index in [1.807, 2.05) is 35.9 Å². The minimum atomic E-state index is -0.135. The Morgan fingerprint density at radius 1 is 1.33 bits per heavy atom. The van der Waals surface area contributed by atoms with Gasteiger partial charge >= 0.3 is 0 Å². The van der Waals surface area contributed by atoms with Crippen LogP contribution in [0.15, 0.2) is 42.7 Å². The van der Waals surface area contributed by atoms with E-state index < -0.39 is 0 Å². The summed E-state index contributed by atoms with van der Waals surface area (Å²) in [6.07, 6.45) is 4.83. The van der Waals surface area contributed by atoms with Gasteiger partial charge in [0, 0.05) is 18.3 Å². The summed E-state index contributed by atoms with van der Waals surface area (Å²) in [5.41, 5.74) is 1.71. The Hall–Kier alpha value is -2.43. The molecule has 5 nitrogen and oxygen atoms in total. The zero-order valence-corrected chi connectivity index (χ0v) is 10.3. The van der Waals surface area contributed by atoms with Crippen molar-refractivity contribution in [1.82, 2.24) is 14.8 Å². The molecule has 1 aromatic carbocycles. The predicted octanol–water partition coefficient (Wildman–Crippen LogP) is 2.00. The molecule has 92 valence electrons. The van der Waals surface area contributed by atoms with Crippen LogP contribution in [0, 0.1) is 0 Å². The number of hydrogen-bond donors (Lipinski definition) is 1. The number of nitrogens with zero attached hydrogens (tertiary/aromatic N) is 3. The van der Waals surface area contributed by atoms with Gasteiger partial charge < -0.3 is 9.88 Å². The van der Waals surface area contributed by atoms with E-state index in [1.165, 1.54) is 6.08 Å². The van der Waals surface area contributed by atoms with Crippen molar-refractivity contribution in [2.75, 3.05) is 5.32 Å². The van der Waals surface area contributed by atoms with Gasteiger partial charge in [-0.05, 0) is 37.3 Å². The summed E-state index contributed by atoms with van der Waals surface area (Å²) in [4.78, 5) is 11.4. The van der Waals surface area contributed by atoms with Crippen LogP contribution in [-0.4, -0.2) is 20.7 Å². The third-order valence-corrected chi connectivity index (χ3v) is 2.44. The Morgan fingerprint density at radius 3 is 2.61 bits per heavy atom. The minimum Gasteiger partial charge on any atom is -0.323 e. The molecule has 0 aliphatic rings. The number of aryl methyl sites for hydroxylation is 1. The third kappa shape index (κ3) is 2.63. The van der Waals surface area contributed by atoms with Gasteiger partial charge in [-0.1, -0.05) is 6.08 Å². The fourth-order valence-electron chi connectivity index (χ4n) is 1.58. The Bertz CT molecular complexity index is 569. The van der Waals surface area contributed by atoms with Crippen LogP contribution in [0.2, 0.25) is 0 Å². The second-order valence-corrected chi connectivity index (χ2v) is 3.83. The first-order chi connectivity index (χ1) is 8.70. The maximum Gasteiger partial charge on any atom is 0.248 e. The number of nitrogens with one attached hydrogen (secondary N) is 1. The number of amides is 1. The van der Waals surface area contributed by atoms with Crippen molar-refractivity contribution in [2.45, 2.75) is 6.92 Å². The van der Waals surface area contributed by atoms with Crippen molar-refractivity contribution in [2.24, 2.45) is 7.05 Å². The molecule has 1 N–H and O–H groups in total. The number of anilines is 1. The molecule has 18 heavy (non-hydrogen) atoms. The number of rotatable bonds is 3. The molecule has 0 saturated carbocycles. The highest BCUT2D eigenvalue weighted by Crippen LogP contribution is 2.18. The summed E-state index contributed by atoms with van der Waals surface area (Å²) in [5.74, 6) is 0.658. The van der Waals surface area contributed by atoms with Crippen LogP contribution in [0.1, 0.15) is 6.92 Å². The van der Waals surface area contributed by atoms with Crippen LogP contribution in [-0.2, 0) is 11.8 Å².